The molecule has 29 heavy (non-hydrogen) atoms. The van der Waals surface area contributed by atoms with E-state index in [-0.39, 0.29) is 11.9 Å². The molecule has 0 radical (unpaired) electrons. The monoisotopic (exact) mass is 393 g/mol. The fourth-order valence-electron chi connectivity index (χ4n) is 4.45. The molecule has 2 aromatic rings. The van der Waals surface area contributed by atoms with Crippen LogP contribution in [0.4, 0.5) is 5.69 Å². The number of carbonyl (C=O) groups excluding carboxylic acids is 1. The number of nitrogens with zero attached hydrogens (tertiary/aromatic N) is 3. The molecule has 1 amide bonds. The number of rotatable bonds is 6. The molecule has 2 fully saturated rings. The Kier molecular flexibility index (Phi) is 6.47. The maximum Gasteiger partial charge on any atom is 0.244 e. The Bertz CT molecular complexity index is 799. The van der Waals surface area contributed by atoms with Crippen molar-refractivity contribution in [2.24, 2.45) is 0 Å². The molecular weight excluding hydrogens is 362 g/mol. The lowest BCUT2D eigenvalue weighted by Gasteiger charge is -2.34. The van der Waals surface area contributed by atoms with Crippen LogP contribution in [0.1, 0.15) is 30.0 Å². The largest absolute Gasteiger partial charge is 0.378 e. The van der Waals surface area contributed by atoms with Gasteiger partial charge in [-0.1, -0.05) is 48.5 Å². The summed E-state index contributed by atoms with van der Waals surface area (Å²) < 4.78 is 5.52. The van der Waals surface area contributed by atoms with E-state index < -0.39 is 0 Å². The van der Waals surface area contributed by atoms with Crippen LogP contribution in [0.15, 0.2) is 54.6 Å². The second-order valence-corrected chi connectivity index (χ2v) is 7.99. The third kappa shape index (κ3) is 4.62. The maximum atomic E-state index is 13.4. The van der Waals surface area contributed by atoms with Gasteiger partial charge in [-0.15, -0.1) is 0 Å². The van der Waals surface area contributed by atoms with Gasteiger partial charge in [0, 0.05) is 38.4 Å². The van der Waals surface area contributed by atoms with E-state index in [1.807, 2.05) is 23.1 Å². The number of anilines is 1. The van der Waals surface area contributed by atoms with Crippen LogP contribution >= 0.6 is 0 Å². The third-order valence-electron chi connectivity index (χ3n) is 5.97. The van der Waals surface area contributed by atoms with E-state index in [0.29, 0.717) is 0 Å². The molecule has 2 heterocycles. The van der Waals surface area contributed by atoms with Crippen LogP contribution < -0.4 is 4.90 Å². The highest BCUT2D eigenvalue weighted by Gasteiger charge is 2.31. The van der Waals surface area contributed by atoms with Gasteiger partial charge in [0.05, 0.1) is 13.2 Å². The predicted molar refractivity (Wildman–Crippen MR) is 116 cm³/mol. The lowest BCUT2D eigenvalue weighted by Crippen LogP contribution is -2.41. The number of para-hydroxylation sites is 1. The van der Waals surface area contributed by atoms with E-state index in [1.54, 1.807) is 0 Å². The number of carbonyl (C=O) groups is 1. The normalized spacial score (nSPS) is 18.3. The fourth-order valence-corrected chi connectivity index (χ4v) is 4.45. The molecule has 2 saturated heterocycles. The van der Waals surface area contributed by atoms with Gasteiger partial charge in [0.1, 0.15) is 6.04 Å². The minimum atomic E-state index is -0.257. The highest BCUT2D eigenvalue weighted by Crippen LogP contribution is 2.29. The Hall–Kier alpha value is -2.37. The molecule has 2 aromatic carbocycles. The number of hydrogen-bond acceptors (Lipinski definition) is 4. The Morgan fingerprint density at radius 3 is 2.34 bits per heavy atom. The molecule has 1 unspecified atom stereocenters. The number of hydrogen-bond donors (Lipinski definition) is 0. The summed E-state index contributed by atoms with van der Waals surface area (Å²) in [5.74, 6) is 0.222. The van der Waals surface area contributed by atoms with Crippen molar-refractivity contribution >= 4 is 11.6 Å². The minimum absolute atomic E-state index is 0.222. The molecular formula is C24H31N3O2. The first kappa shape index (κ1) is 19.9. The molecule has 5 nitrogen and oxygen atoms in total. The SMILES string of the molecule is CN(Cc1ccccc1N1CCOCC1)C(C(=O)N1CCCC1)c1ccccc1. The molecule has 0 aromatic heterocycles. The summed E-state index contributed by atoms with van der Waals surface area (Å²) in [5, 5.41) is 0. The molecule has 0 N–H and O–H groups in total. The van der Waals surface area contributed by atoms with Crippen LogP contribution in [-0.4, -0.2) is 62.1 Å². The van der Waals surface area contributed by atoms with Crippen molar-refractivity contribution in [3.05, 3.63) is 65.7 Å². The van der Waals surface area contributed by atoms with Crippen LogP contribution in [0, 0.1) is 0 Å². The second-order valence-electron chi connectivity index (χ2n) is 7.99. The number of benzene rings is 2. The first-order valence-corrected chi connectivity index (χ1v) is 10.7. The average Bonchev–Trinajstić information content (AvgIpc) is 3.31. The van der Waals surface area contributed by atoms with Crippen LogP contribution in [0.5, 0.6) is 0 Å². The van der Waals surface area contributed by atoms with Gasteiger partial charge in [0.15, 0.2) is 0 Å². The highest BCUT2D eigenvalue weighted by atomic mass is 16.5. The Labute approximate surface area is 173 Å². The van der Waals surface area contributed by atoms with Gasteiger partial charge >= 0.3 is 0 Å². The van der Waals surface area contributed by atoms with Crippen LogP contribution in [0.3, 0.4) is 0 Å². The summed E-state index contributed by atoms with van der Waals surface area (Å²) in [5.41, 5.74) is 3.57. The number of likely N-dealkylation sites (tertiary alicyclic amines) is 1. The van der Waals surface area contributed by atoms with E-state index >= 15 is 0 Å². The fraction of sp³-hybridized carbons (Fsp3) is 0.458. The van der Waals surface area contributed by atoms with Gasteiger partial charge in [-0.2, -0.15) is 0 Å². The standard InChI is InChI=1S/C24H31N3O2/c1-25(19-21-11-5-6-12-22(21)26-15-17-29-18-16-26)23(20-9-3-2-4-10-20)24(28)27-13-7-8-14-27/h2-6,9-12,23H,7-8,13-19H2,1H3. The van der Waals surface area contributed by atoms with Gasteiger partial charge in [-0.3, -0.25) is 9.69 Å². The van der Waals surface area contributed by atoms with Crippen molar-refractivity contribution in [2.45, 2.75) is 25.4 Å². The maximum absolute atomic E-state index is 13.4. The van der Waals surface area contributed by atoms with E-state index in [0.717, 1.165) is 64.3 Å². The molecule has 1 atom stereocenters. The Balaban J connectivity index is 1.58. The van der Waals surface area contributed by atoms with Crippen molar-refractivity contribution in [2.75, 3.05) is 51.3 Å². The molecule has 5 heteroatoms. The molecule has 0 aliphatic carbocycles. The summed E-state index contributed by atoms with van der Waals surface area (Å²) in [6.07, 6.45) is 2.22. The van der Waals surface area contributed by atoms with Gasteiger partial charge in [0.2, 0.25) is 5.91 Å². The third-order valence-corrected chi connectivity index (χ3v) is 5.97. The van der Waals surface area contributed by atoms with Crippen molar-refractivity contribution in [1.82, 2.24) is 9.80 Å². The molecule has 154 valence electrons. The smallest absolute Gasteiger partial charge is 0.244 e. The van der Waals surface area contributed by atoms with E-state index in [9.17, 15) is 4.79 Å². The van der Waals surface area contributed by atoms with Crippen molar-refractivity contribution < 1.29 is 9.53 Å². The summed E-state index contributed by atoms with van der Waals surface area (Å²) in [7, 11) is 2.07. The van der Waals surface area contributed by atoms with E-state index in [1.165, 1.54) is 11.3 Å². The lowest BCUT2D eigenvalue weighted by atomic mass is 10.0. The molecule has 0 saturated carbocycles. The summed E-state index contributed by atoms with van der Waals surface area (Å²) in [6.45, 7) is 5.84. The number of amides is 1. The van der Waals surface area contributed by atoms with Crippen LogP contribution in [0.2, 0.25) is 0 Å². The average molecular weight is 394 g/mol. The summed E-state index contributed by atoms with van der Waals surface area (Å²) in [6, 6.07) is 18.5. The number of likely N-dealkylation sites (N-methyl/N-ethyl adjacent to an activating group) is 1. The van der Waals surface area contributed by atoms with Crippen molar-refractivity contribution in [1.29, 1.82) is 0 Å². The topological polar surface area (TPSA) is 36.0 Å². The van der Waals surface area contributed by atoms with E-state index in [2.05, 4.69) is 53.2 Å². The first-order chi connectivity index (χ1) is 14.2. The highest BCUT2D eigenvalue weighted by molar-refractivity contribution is 5.83. The second kappa shape index (κ2) is 9.42. The van der Waals surface area contributed by atoms with Gasteiger partial charge < -0.3 is 14.5 Å². The zero-order valence-corrected chi connectivity index (χ0v) is 17.3. The van der Waals surface area contributed by atoms with Crippen LogP contribution in [-0.2, 0) is 16.1 Å². The summed E-state index contributed by atoms with van der Waals surface area (Å²) >= 11 is 0. The van der Waals surface area contributed by atoms with Crippen molar-refractivity contribution in [3.8, 4) is 0 Å². The first-order valence-electron chi connectivity index (χ1n) is 10.7. The quantitative estimate of drug-likeness (QED) is 0.754. The zero-order chi connectivity index (χ0) is 20.1. The molecule has 2 aliphatic heterocycles. The molecule has 4 rings (SSSR count). The number of ether oxygens (including phenoxy) is 1. The zero-order valence-electron chi connectivity index (χ0n) is 17.3. The van der Waals surface area contributed by atoms with Gasteiger partial charge in [-0.25, -0.2) is 0 Å². The lowest BCUT2D eigenvalue weighted by molar-refractivity contribution is -0.136. The van der Waals surface area contributed by atoms with Gasteiger partial charge in [0.25, 0.3) is 0 Å². The minimum Gasteiger partial charge on any atom is -0.378 e. The summed E-state index contributed by atoms with van der Waals surface area (Å²) in [4.78, 5) is 20.1. The molecule has 0 spiro atoms. The number of morpholine rings is 1. The Morgan fingerprint density at radius 2 is 1.62 bits per heavy atom. The Morgan fingerprint density at radius 1 is 0.966 bits per heavy atom. The van der Waals surface area contributed by atoms with Crippen LogP contribution in [0.25, 0.3) is 0 Å². The predicted octanol–water partition coefficient (Wildman–Crippen LogP) is 3.32. The van der Waals surface area contributed by atoms with E-state index in [4.69, 9.17) is 4.74 Å². The van der Waals surface area contributed by atoms with Crippen molar-refractivity contribution in [3.63, 3.8) is 0 Å². The molecule has 2 aliphatic rings. The molecule has 0 bridgehead atoms. The van der Waals surface area contributed by atoms with Gasteiger partial charge in [-0.05, 0) is 37.1 Å².